The monoisotopic (exact) mass is 331 g/mol. The standard InChI is InChI=1S/C18H25N3O3/c1-13-17(14(2)21(3)20-13)11-18(22)19-12-15-6-5-7-16(10-15)24-9-8-23-4/h5-7,10H,8-9,11-12H2,1-4H3,(H,19,22). The highest BCUT2D eigenvalue weighted by atomic mass is 16.5. The first-order valence-corrected chi connectivity index (χ1v) is 7.97. The van der Waals surface area contributed by atoms with Crippen LogP contribution in [-0.2, 0) is 29.5 Å². The van der Waals surface area contributed by atoms with Gasteiger partial charge < -0.3 is 14.8 Å². The first-order chi connectivity index (χ1) is 11.5. The van der Waals surface area contributed by atoms with Crippen LogP contribution in [0.3, 0.4) is 0 Å². The molecule has 6 nitrogen and oxygen atoms in total. The predicted octanol–water partition coefficient (Wildman–Crippen LogP) is 1.92. The van der Waals surface area contributed by atoms with Crippen molar-refractivity contribution in [1.82, 2.24) is 15.1 Å². The number of hydrogen-bond donors (Lipinski definition) is 1. The first-order valence-electron chi connectivity index (χ1n) is 7.97. The molecule has 1 aromatic carbocycles. The maximum atomic E-state index is 12.2. The Bertz CT molecular complexity index is 695. The van der Waals surface area contributed by atoms with Crippen molar-refractivity contribution < 1.29 is 14.3 Å². The zero-order chi connectivity index (χ0) is 17.5. The number of aryl methyl sites for hydroxylation is 2. The fraction of sp³-hybridized carbons (Fsp3) is 0.444. The van der Waals surface area contributed by atoms with E-state index in [9.17, 15) is 4.79 Å². The highest BCUT2D eigenvalue weighted by Crippen LogP contribution is 2.14. The normalized spacial score (nSPS) is 10.7. The van der Waals surface area contributed by atoms with Crippen molar-refractivity contribution in [3.8, 4) is 5.75 Å². The summed E-state index contributed by atoms with van der Waals surface area (Å²) in [5.41, 5.74) is 3.92. The maximum absolute atomic E-state index is 12.2. The van der Waals surface area contributed by atoms with Crippen LogP contribution in [-0.4, -0.2) is 36.0 Å². The zero-order valence-corrected chi connectivity index (χ0v) is 14.8. The molecule has 0 aliphatic rings. The lowest BCUT2D eigenvalue weighted by molar-refractivity contribution is -0.120. The molecule has 2 rings (SSSR count). The minimum atomic E-state index is -0.0140. The molecule has 0 unspecified atom stereocenters. The number of hydrogen-bond acceptors (Lipinski definition) is 4. The van der Waals surface area contributed by atoms with Gasteiger partial charge >= 0.3 is 0 Å². The summed E-state index contributed by atoms with van der Waals surface area (Å²) in [4.78, 5) is 12.2. The minimum Gasteiger partial charge on any atom is -0.491 e. The summed E-state index contributed by atoms with van der Waals surface area (Å²) in [6, 6.07) is 7.70. The number of ether oxygens (including phenoxy) is 2. The summed E-state index contributed by atoms with van der Waals surface area (Å²) in [7, 11) is 3.53. The minimum absolute atomic E-state index is 0.0140. The van der Waals surface area contributed by atoms with E-state index in [1.165, 1.54) is 0 Å². The summed E-state index contributed by atoms with van der Waals surface area (Å²) < 4.78 is 12.3. The van der Waals surface area contributed by atoms with Crippen molar-refractivity contribution >= 4 is 5.91 Å². The van der Waals surface area contributed by atoms with Crippen molar-refractivity contribution in [2.75, 3.05) is 20.3 Å². The molecule has 1 heterocycles. The lowest BCUT2D eigenvalue weighted by Gasteiger charge is -2.09. The van der Waals surface area contributed by atoms with E-state index in [-0.39, 0.29) is 5.91 Å². The van der Waals surface area contributed by atoms with Crippen molar-refractivity contribution in [3.05, 3.63) is 46.8 Å². The Labute approximate surface area is 142 Å². The van der Waals surface area contributed by atoms with Gasteiger partial charge in [-0.25, -0.2) is 0 Å². The fourth-order valence-corrected chi connectivity index (χ4v) is 2.49. The Morgan fingerprint density at radius 2 is 2.08 bits per heavy atom. The van der Waals surface area contributed by atoms with Gasteiger partial charge in [-0.05, 0) is 31.5 Å². The Morgan fingerprint density at radius 3 is 2.75 bits per heavy atom. The SMILES string of the molecule is COCCOc1cccc(CNC(=O)Cc2c(C)nn(C)c2C)c1. The average molecular weight is 331 g/mol. The second-order valence-electron chi connectivity index (χ2n) is 5.72. The van der Waals surface area contributed by atoms with Crippen LogP contribution in [0.15, 0.2) is 24.3 Å². The largest absolute Gasteiger partial charge is 0.491 e. The van der Waals surface area contributed by atoms with Gasteiger partial charge in [0.1, 0.15) is 12.4 Å². The molecule has 0 aliphatic heterocycles. The molecule has 1 N–H and O–H groups in total. The summed E-state index contributed by atoms with van der Waals surface area (Å²) in [6.07, 6.45) is 0.343. The summed E-state index contributed by atoms with van der Waals surface area (Å²) in [5.74, 6) is 0.762. The van der Waals surface area contributed by atoms with E-state index in [1.807, 2.05) is 45.2 Å². The van der Waals surface area contributed by atoms with Gasteiger partial charge in [0.2, 0.25) is 5.91 Å². The number of benzene rings is 1. The summed E-state index contributed by atoms with van der Waals surface area (Å²) in [6.45, 7) is 5.43. The zero-order valence-electron chi connectivity index (χ0n) is 14.8. The van der Waals surface area contributed by atoms with Gasteiger partial charge in [-0.2, -0.15) is 5.10 Å². The molecule has 0 saturated heterocycles. The number of amides is 1. The number of carbonyl (C=O) groups excluding carboxylic acids is 1. The molecule has 0 bridgehead atoms. The number of methoxy groups -OCH3 is 1. The van der Waals surface area contributed by atoms with E-state index in [1.54, 1.807) is 11.8 Å². The Kier molecular flexibility index (Phi) is 6.37. The van der Waals surface area contributed by atoms with Crippen LogP contribution in [0.1, 0.15) is 22.5 Å². The van der Waals surface area contributed by atoms with E-state index in [4.69, 9.17) is 9.47 Å². The second kappa shape index (κ2) is 8.49. The van der Waals surface area contributed by atoms with E-state index >= 15 is 0 Å². The average Bonchev–Trinajstić information content (AvgIpc) is 2.80. The first kappa shape index (κ1) is 18.0. The molecule has 2 aromatic rings. The summed E-state index contributed by atoms with van der Waals surface area (Å²) in [5, 5.41) is 7.29. The Hall–Kier alpha value is -2.34. The van der Waals surface area contributed by atoms with Crippen LogP contribution in [0.25, 0.3) is 0 Å². The number of nitrogens with zero attached hydrogens (tertiary/aromatic N) is 2. The van der Waals surface area contributed by atoms with E-state index in [2.05, 4.69) is 10.4 Å². The molecule has 0 atom stereocenters. The smallest absolute Gasteiger partial charge is 0.224 e. The number of nitrogens with one attached hydrogen (secondary N) is 1. The molecule has 0 fully saturated rings. The third-order valence-corrected chi connectivity index (χ3v) is 3.94. The highest BCUT2D eigenvalue weighted by molar-refractivity contribution is 5.79. The lowest BCUT2D eigenvalue weighted by Crippen LogP contribution is -2.25. The molecule has 1 aromatic heterocycles. The maximum Gasteiger partial charge on any atom is 0.224 e. The van der Waals surface area contributed by atoms with Crippen LogP contribution in [0, 0.1) is 13.8 Å². The van der Waals surface area contributed by atoms with Gasteiger partial charge in [0.05, 0.1) is 18.7 Å². The third kappa shape index (κ3) is 4.83. The van der Waals surface area contributed by atoms with Crippen molar-refractivity contribution in [3.63, 3.8) is 0 Å². The topological polar surface area (TPSA) is 65.4 Å². The van der Waals surface area contributed by atoms with Crippen LogP contribution in [0.2, 0.25) is 0 Å². The molecule has 0 saturated carbocycles. The Morgan fingerprint density at radius 1 is 1.29 bits per heavy atom. The van der Waals surface area contributed by atoms with Crippen LogP contribution < -0.4 is 10.1 Å². The lowest BCUT2D eigenvalue weighted by atomic mass is 10.1. The van der Waals surface area contributed by atoms with Gasteiger partial charge in [-0.15, -0.1) is 0 Å². The third-order valence-electron chi connectivity index (χ3n) is 3.94. The molecule has 130 valence electrons. The highest BCUT2D eigenvalue weighted by Gasteiger charge is 2.13. The number of aromatic nitrogens is 2. The van der Waals surface area contributed by atoms with E-state index in [0.717, 1.165) is 28.3 Å². The van der Waals surface area contributed by atoms with E-state index < -0.39 is 0 Å². The molecule has 24 heavy (non-hydrogen) atoms. The van der Waals surface area contributed by atoms with Gasteiger partial charge in [-0.1, -0.05) is 12.1 Å². The quantitative estimate of drug-likeness (QED) is 0.751. The van der Waals surface area contributed by atoms with Gasteiger partial charge in [0.25, 0.3) is 0 Å². The van der Waals surface area contributed by atoms with Crippen LogP contribution in [0.4, 0.5) is 0 Å². The molecule has 1 amide bonds. The van der Waals surface area contributed by atoms with Crippen LogP contribution >= 0.6 is 0 Å². The van der Waals surface area contributed by atoms with Gasteiger partial charge in [0, 0.05) is 32.0 Å². The molecule has 6 heteroatoms. The van der Waals surface area contributed by atoms with Gasteiger partial charge in [0.15, 0.2) is 0 Å². The van der Waals surface area contributed by atoms with E-state index in [0.29, 0.717) is 26.2 Å². The van der Waals surface area contributed by atoms with Crippen LogP contribution in [0.5, 0.6) is 5.75 Å². The molecule has 0 aliphatic carbocycles. The van der Waals surface area contributed by atoms with Gasteiger partial charge in [-0.3, -0.25) is 9.48 Å². The van der Waals surface area contributed by atoms with Crippen molar-refractivity contribution in [1.29, 1.82) is 0 Å². The fourth-order valence-electron chi connectivity index (χ4n) is 2.49. The number of rotatable bonds is 8. The summed E-state index contributed by atoms with van der Waals surface area (Å²) >= 11 is 0. The number of carbonyl (C=O) groups is 1. The predicted molar refractivity (Wildman–Crippen MR) is 92.0 cm³/mol. The molecular weight excluding hydrogens is 306 g/mol. The molecule has 0 spiro atoms. The Balaban J connectivity index is 1.88. The van der Waals surface area contributed by atoms with Crippen molar-refractivity contribution in [2.24, 2.45) is 7.05 Å². The van der Waals surface area contributed by atoms with Crippen molar-refractivity contribution in [2.45, 2.75) is 26.8 Å². The second-order valence-corrected chi connectivity index (χ2v) is 5.72. The molecular formula is C18H25N3O3. The molecule has 0 radical (unpaired) electrons.